The van der Waals surface area contributed by atoms with E-state index < -0.39 is 0 Å². The number of hydrogen-bond donors (Lipinski definition) is 2. The number of carbonyl (C=O) groups excluding carboxylic acids is 1. The molecule has 2 aromatic rings. The maximum Gasteiger partial charge on any atom is 0.308 e. The first kappa shape index (κ1) is 19.3. The van der Waals surface area contributed by atoms with E-state index in [1.165, 1.54) is 29.3 Å². The minimum atomic E-state index is -0.0913. The molecule has 1 fully saturated rings. The molecule has 1 aliphatic heterocycles. The Hall–Kier alpha value is -2.50. The molecule has 1 aromatic heterocycles. The van der Waals surface area contributed by atoms with Gasteiger partial charge in [0.15, 0.2) is 5.96 Å². The third-order valence-electron chi connectivity index (χ3n) is 5.31. The van der Waals surface area contributed by atoms with Crippen LogP contribution in [-0.2, 0) is 16.0 Å². The number of fused-ring (bicyclic) bond motifs is 1. The van der Waals surface area contributed by atoms with Crippen molar-refractivity contribution in [2.75, 3.05) is 33.3 Å². The van der Waals surface area contributed by atoms with E-state index in [-0.39, 0.29) is 11.9 Å². The van der Waals surface area contributed by atoms with Crippen LogP contribution in [0.25, 0.3) is 10.9 Å². The number of esters is 1. The van der Waals surface area contributed by atoms with Crippen molar-refractivity contribution in [3.05, 3.63) is 35.5 Å². The van der Waals surface area contributed by atoms with Crippen molar-refractivity contribution in [1.29, 1.82) is 0 Å². The molecule has 0 aliphatic carbocycles. The van der Waals surface area contributed by atoms with Gasteiger partial charge in [0.2, 0.25) is 0 Å². The van der Waals surface area contributed by atoms with Crippen LogP contribution in [-0.4, -0.2) is 55.1 Å². The molecule has 2 heterocycles. The summed E-state index contributed by atoms with van der Waals surface area (Å²) in [6.07, 6.45) is 2.54. The first-order valence-electron chi connectivity index (χ1n) is 9.81. The maximum absolute atomic E-state index is 11.7. The fourth-order valence-corrected chi connectivity index (χ4v) is 3.85. The van der Waals surface area contributed by atoms with Crippen LogP contribution >= 0.6 is 0 Å². The van der Waals surface area contributed by atoms with E-state index in [1.807, 2.05) is 0 Å². The number of rotatable bonds is 5. The second-order valence-electron chi connectivity index (χ2n) is 7.04. The Kier molecular flexibility index (Phi) is 6.37. The van der Waals surface area contributed by atoms with Gasteiger partial charge in [-0.1, -0.05) is 18.2 Å². The number of aromatic amines is 1. The fourth-order valence-electron chi connectivity index (χ4n) is 3.85. The van der Waals surface area contributed by atoms with Crippen molar-refractivity contribution >= 4 is 22.8 Å². The number of nitrogens with zero attached hydrogens (tertiary/aromatic N) is 2. The van der Waals surface area contributed by atoms with Crippen molar-refractivity contribution in [3.8, 4) is 0 Å². The Balaban J connectivity index is 1.64. The van der Waals surface area contributed by atoms with E-state index in [0.29, 0.717) is 0 Å². The number of carbonyl (C=O) groups is 1. The third kappa shape index (κ3) is 4.43. The smallest absolute Gasteiger partial charge is 0.308 e. The molecule has 0 amide bonds. The lowest BCUT2D eigenvalue weighted by Crippen LogP contribution is -2.46. The van der Waals surface area contributed by atoms with Crippen LogP contribution in [0.5, 0.6) is 0 Å². The molecule has 27 heavy (non-hydrogen) atoms. The predicted molar refractivity (Wildman–Crippen MR) is 109 cm³/mol. The monoisotopic (exact) mass is 370 g/mol. The number of aromatic nitrogens is 1. The molecule has 146 valence electrons. The number of guanidine groups is 1. The zero-order chi connectivity index (χ0) is 19.2. The minimum absolute atomic E-state index is 0.0167. The Morgan fingerprint density at radius 3 is 2.78 bits per heavy atom. The quantitative estimate of drug-likeness (QED) is 0.482. The SMILES string of the molecule is CCNC(=NCCc1c(C)[nH]c2ccccc12)N1CCC(C(=O)OC)CC1. The number of para-hydroxylation sites is 1. The number of likely N-dealkylation sites (tertiary alicyclic amines) is 1. The second kappa shape index (κ2) is 8.93. The zero-order valence-electron chi connectivity index (χ0n) is 16.5. The number of nitrogens with one attached hydrogen (secondary N) is 2. The molecule has 3 rings (SSSR count). The molecule has 0 bridgehead atoms. The van der Waals surface area contributed by atoms with Gasteiger partial charge in [0, 0.05) is 42.8 Å². The van der Waals surface area contributed by atoms with Gasteiger partial charge in [0.25, 0.3) is 0 Å². The Bertz CT molecular complexity index is 804. The van der Waals surface area contributed by atoms with E-state index in [9.17, 15) is 4.79 Å². The highest BCUT2D eigenvalue weighted by atomic mass is 16.5. The molecule has 0 unspecified atom stereocenters. The standard InChI is InChI=1S/C21H30N4O2/c1-4-22-21(25-13-10-16(11-14-25)20(26)27-3)23-12-9-17-15(2)24-19-8-6-5-7-18(17)19/h5-8,16,24H,4,9-14H2,1-3H3,(H,22,23). The number of aryl methyl sites for hydroxylation is 1. The van der Waals surface area contributed by atoms with Crippen molar-refractivity contribution in [3.63, 3.8) is 0 Å². The third-order valence-corrected chi connectivity index (χ3v) is 5.31. The summed E-state index contributed by atoms with van der Waals surface area (Å²) in [5.74, 6) is 0.868. The topological polar surface area (TPSA) is 69.7 Å². The van der Waals surface area contributed by atoms with Gasteiger partial charge in [0.1, 0.15) is 0 Å². The summed E-state index contributed by atoms with van der Waals surface area (Å²) in [5, 5.41) is 4.68. The van der Waals surface area contributed by atoms with Gasteiger partial charge in [0.05, 0.1) is 13.0 Å². The average Bonchev–Trinajstić information content (AvgIpc) is 3.02. The summed E-state index contributed by atoms with van der Waals surface area (Å²) < 4.78 is 4.88. The molecule has 6 nitrogen and oxygen atoms in total. The number of ether oxygens (including phenoxy) is 1. The van der Waals surface area contributed by atoms with Crippen molar-refractivity contribution in [1.82, 2.24) is 15.2 Å². The largest absolute Gasteiger partial charge is 0.469 e. The minimum Gasteiger partial charge on any atom is -0.469 e. The molecule has 0 atom stereocenters. The Labute approximate surface area is 161 Å². The zero-order valence-corrected chi connectivity index (χ0v) is 16.5. The van der Waals surface area contributed by atoms with Crippen LogP contribution in [0, 0.1) is 12.8 Å². The van der Waals surface area contributed by atoms with Crippen molar-refractivity contribution in [2.24, 2.45) is 10.9 Å². The molecule has 1 aromatic carbocycles. The molecular formula is C21H30N4O2. The molecular weight excluding hydrogens is 340 g/mol. The van der Waals surface area contributed by atoms with E-state index >= 15 is 0 Å². The Morgan fingerprint density at radius 2 is 2.07 bits per heavy atom. The van der Waals surface area contributed by atoms with Gasteiger partial charge in [-0.2, -0.15) is 0 Å². The molecule has 2 N–H and O–H groups in total. The molecule has 1 aliphatic rings. The van der Waals surface area contributed by atoms with Crippen molar-refractivity contribution in [2.45, 2.75) is 33.1 Å². The lowest BCUT2D eigenvalue weighted by atomic mass is 9.97. The lowest BCUT2D eigenvalue weighted by molar-refractivity contribution is -0.146. The predicted octanol–water partition coefficient (Wildman–Crippen LogP) is 2.87. The maximum atomic E-state index is 11.7. The summed E-state index contributed by atoms with van der Waals surface area (Å²) in [5.41, 5.74) is 3.75. The van der Waals surface area contributed by atoms with E-state index in [2.05, 4.69) is 53.3 Å². The van der Waals surface area contributed by atoms with Gasteiger partial charge in [-0.05, 0) is 44.7 Å². The lowest BCUT2D eigenvalue weighted by Gasteiger charge is -2.33. The summed E-state index contributed by atoms with van der Waals surface area (Å²) in [6.45, 7) is 7.45. The second-order valence-corrected chi connectivity index (χ2v) is 7.04. The van der Waals surface area contributed by atoms with E-state index in [1.54, 1.807) is 0 Å². The first-order chi connectivity index (χ1) is 13.1. The molecule has 6 heteroatoms. The van der Waals surface area contributed by atoms with E-state index in [4.69, 9.17) is 9.73 Å². The normalized spacial score (nSPS) is 16.0. The summed E-state index contributed by atoms with van der Waals surface area (Å²) in [7, 11) is 1.47. The van der Waals surface area contributed by atoms with Crippen LogP contribution in [0.3, 0.4) is 0 Å². The number of methoxy groups -OCH3 is 1. The molecule has 1 saturated heterocycles. The number of benzene rings is 1. The van der Waals surface area contributed by atoms with Crippen molar-refractivity contribution < 1.29 is 9.53 Å². The summed E-state index contributed by atoms with van der Waals surface area (Å²) >= 11 is 0. The van der Waals surface area contributed by atoms with Crippen LogP contribution in [0.1, 0.15) is 31.0 Å². The van der Waals surface area contributed by atoms with Gasteiger partial charge >= 0.3 is 5.97 Å². The van der Waals surface area contributed by atoms with Crippen LogP contribution < -0.4 is 5.32 Å². The molecule has 0 saturated carbocycles. The Morgan fingerprint density at radius 1 is 1.33 bits per heavy atom. The number of aliphatic imine (C=N–C) groups is 1. The molecule has 0 radical (unpaired) electrons. The number of hydrogen-bond acceptors (Lipinski definition) is 3. The van der Waals surface area contributed by atoms with Crippen LogP contribution in [0.2, 0.25) is 0 Å². The van der Waals surface area contributed by atoms with Crippen LogP contribution in [0.15, 0.2) is 29.3 Å². The molecule has 0 spiro atoms. The highest BCUT2D eigenvalue weighted by Crippen LogP contribution is 2.22. The van der Waals surface area contributed by atoms with Gasteiger partial charge in [-0.3, -0.25) is 9.79 Å². The highest BCUT2D eigenvalue weighted by molar-refractivity contribution is 5.84. The van der Waals surface area contributed by atoms with Crippen LogP contribution in [0.4, 0.5) is 0 Å². The fraction of sp³-hybridized carbons (Fsp3) is 0.524. The van der Waals surface area contributed by atoms with Gasteiger partial charge < -0.3 is 19.9 Å². The number of H-pyrrole nitrogens is 1. The average molecular weight is 370 g/mol. The van der Waals surface area contributed by atoms with E-state index in [0.717, 1.165) is 51.4 Å². The highest BCUT2D eigenvalue weighted by Gasteiger charge is 2.26. The summed E-state index contributed by atoms with van der Waals surface area (Å²) in [6, 6.07) is 8.42. The van der Waals surface area contributed by atoms with Gasteiger partial charge in [-0.25, -0.2) is 0 Å². The van der Waals surface area contributed by atoms with Gasteiger partial charge in [-0.15, -0.1) is 0 Å². The number of piperidine rings is 1. The first-order valence-corrected chi connectivity index (χ1v) is 9.81. The summed E-state index contributed by atoms with van der Waals surface area (Å²) in [4.78, 5) is 22.3.